The first-order valence-electron chi connectivity index (χ1n) is 12.3. The molecule has 1 fully saturated rings. The monoisotopic (exact) mass is 493 g/mol. The van der Waals surface area contributed by atoms with Gasteiger partial charge in [0.2, 0.25) is 11.8 Å². The Morgan fingerprint density at radius 2 is 1.84 bits per heavy atom. The van der Waals surface area contributed by atoms with E-state index < -0.39 is 0 Å². The highest BCUT2D eigenvalue weighted by Crippen LogP contribution is 2.30. The molecule has 1 aliphatic heterocycles. The molecule has 1 saturated heterocycles. The lowest BCUT2D eigenvalue weighted by Gasteiger charge is -2.36. The molecule has 1 N–H and O–H groups in total. The number of hydrogen-bond acceptors (Lipinski definition) is 5. The molecule has 2 amide bonds. The van der Waals surface area contributed by atoms with Crippen LogP contribution in [0.15, 0.2) is 101 Å². The summed E-state index contributed by atoms with van der Waals surface area (Å²) in [5.41, 5.74) is 6.03. The number of carbonyl (C=O) groups excluding carboxylic acids is 2. The number of allylic oxidation sites excluding steroid dienone is 5. The average molecular weight is 494 g/mol. The van der Waals surface area contributed by atoms with E-state index in [1.807, 2.05) is 66.4 Å². The maximum Gasteiger partial charge on any atom is 0.247 e. The molecule has 0 unspecified atom stereocenters. The quantitative estimate of drug-likeness (QED) is 0.427. The summed E-state index contributed by atoms with van der Waals surface area (Å²) in [4.78, 5) is 36.9. The zero-order chi connectivity index (χ0) is 26.2. The lowest BCUT2D eigenvalue weighted by molar-refractivity contribution is -0.131. The van der Waals surface area contributed by atoms with Crippen LogP contribution < -0.4 is 10.2 Å². The summed E-state index contributed by atoms with van der Waals surface area (Å²) in [5, 5.41) is 2.81. The van der Waals surface area contributed by atoms with Crippen molar-refractivity contribution >= 4 is 46.9 Å². The highest BCUT2D eigenvalue weighted by Gasteiger charge is 2.20. The minimum atomic E-state index is -0.265. The molecule has 0 bridgehead atoms. The fraction of sp³-hybridized carbons (Fsp3) is 0.200. The fourth-order valence-corrected chi connectivity index (χ4v) is 4.38. The molecule has 0 saturated carbocycles. The van der Waals surface area contributed by atoms with Gasteiger partial charge in [0.25, 0.3) is 0 Å². The van der Waals surface area contributed by atoms with Gasteiger partial charge in [0.15, 0.2) is 0 Å². The van der Waals surface area contributed by atoms with Crippen LogP contribution in [-0.4, -0.2) is 55.3 Å². The standard InChI is InChI=1S/C30H31N5O2/c1-4-28(36)32-25-10-6-8-22(20-25)27-11-7-9-23(21-31-3)30(27)33-24-12-14-26(15-13-24)34-16-18-35(19-17-34)29(37)5-2/h4,6-15,20-21H,1,3,5,16-19H2,2H3,(H,32,36)/b23-21-,33-30+. The molecule has 37 heavy (non-hydrogen) atoms. The SMILES string of the molecule is C=CC(=O)Nc1cccc(C2=CC=CC(=C/N=C)/C2=N\c2ccc(N3CCN(C(=O)CC)CC3)cc2)c1. The predicted octanol–water partition coefficient (Wildman–Crippen LogP) is 5.18. The van der Waals surface area contributed by atoms with Crippen LogP contribution in [0.3, 0.4) is 0 Å². The lowest BCUT2D eigenvalue weighted by atomic mass is 9.91. The van der Waals surface area contributed by atoms with Crippen molar-refractivity contribution in [2.75, 3.05) is 36.4 Å². The second-order valence-corrected chi connectivity index (χ2v) is 8.68. The predicted molar refractivity (Wildman–Crippen MR) is 153 cm³/mol. The van der Waals surface area contributed by atoms with Crippen molar-refractivity contribution in [3.8, 4) is 0 Å². The van der Waals surface area contributed by atoms with Gasteiger partial charge in [-0.15, -0.1) is 0 Å². The van der Waals surface area contributed by atoms with E-state index in [0.29, 0.717) is 12.1 Å². The second kappa shape index (κ2) is 11.9. The zero-order valence-corrected chi connectivity index (χ0v) is 21.1. The summed E-state index contributed by atoms with van der Waals surface area (Å²) in [6.07, 6.45) is 9.38. The third kappa shape index (κ3) is 6.19. The first kappa shape index (κ1) is 25.6. The van der Waals surface area contributed by atoms with Crippen molar-refractivity contribution in [3.63, 3.8) is 0 Å². The van der Waals surface area contributed by atoms with Crippen molar-refractivity contribution in [1.82, 2.24) is 4.90 Å². The smallest absolute Gasteiger partial charge is 0.247 e. The Balaban J connectivity index is 1.59. The van der Waals surface area contributed by atoms with E-state index in [4.69, 9.17) is 4.99 Å². The van der Waals surface area contributed by atoms with Crippen LogP contribution in [-0.2, 0) is 9.59 Å². The molecular formula is C30H31N5O2. The summed E-state index contributed by atoms with van der Waals surface area (Å²) in [5.74, 6) is -0.0545. The number of aliphatic imine (C=N–C) groups is 2. The summed E-state index contributed by atoms with van der Waals surface area (Å²) >= 11 is 0. The van der Waals surface area contributed by atoms with E-state index in [1.54, 1.807) is 6.20 Å². The van der Waals surface area contributed by atoms with Gasteiger partial charge >= 0.3 is 0 Å². The Hall–Kier alpha value is -4.52. The van der Waals surface area contributed by atoms with E-state index in [2.05, 4.69) is 40.6 Å². The van der Waals surface area contributed by atoms with Gasteiger partial charge in [-0.1, -0.05) is 43.9 Å². The molecule has 4 rings (SSSR count). The van der Waals surface area contributed by atoms with Gasteiger partial charge in [0.1, 0.15) is 0 Å². The minimum Gasteiger partial charge on any atom is -0.368 e. The molecule has 2 aromatic carbocycles. The van der Waals surface area contributed by atoms with Crippen molar-refractivity contribution in [3.05, 3.63) is 96.8 Å². The normalized spacial score (nSPS) is 17.5. The molecule has 0 radical (unpaired) electrons. The van der Waals surface area contributed by atoms with Crippen LogP contribution >= 0.6 is 0 Å². The van der Waals surface area contributed by atoms with Gasteiger partial charge in [-0.3, -0.25) is 14.6 Å². The number of benzene rings is 2. The zero-order valence-electron chi connectivity index (χ0n) is 21.1. The number of anilines is 2. The Bertz CT molecular complexity index is 1310. The Morgan fingerprint density at radius 3 is 2.51 bits per heavy atom. The fourth-order valence-electron chi connectivity index (χ4n) is 4.38. The van der Waals surface area contributed by atoms with Gasteiger partial charge in [0.05, 0.1) is 11.4 Å². The van der Waals surface area contributed by atoms with Crippen LogP contribution in [0.4, 0.5) is 17.1 Å². The van der Waals surface area contributed by atoms with Crippen molar-refractivity contribution in [2.45, 2.75) is 13.3 Å². The Morgan fingerprint density at radius 1 is 1.08 bits per heavy atom. The molecule has 0 atom stereocenters. The van der Waals surface area contributed by atoms with Crippen LogP contribution in [0.25, 0.3) is 5.57 Å². The number of rotatable bonds is 7. The maximum atomic E-state index is 12.0. The van der Waals surface area contributed by atoms with E-state index in [-0.39, 0.29) is 11.8 Å². The van der Waals surface area contributed by atoms with Gasteiger partial charge in [-0.25, -0.2) is 4.99 Å². The van der Waals surface area contributed by atoms with E-state index in [1.165, 1.54) is 6.08 Å². The molecule has 1 aliphatic carbocycles. The molecule has 2 aliphatic rings. The van der Waals surface area contributed by atoms with Gasteiger partial charge in [0, 0.05) is 61.3 Å². The average Bonchev–Trinajstić information content (AvgIpc) is 2.94. The van der Waals surface area contributed by atoms with Crippen molar-refractivity contribution in [2.24, 2.45) is 9.98 Å². The largest absolute Gasteiger partial charge is 0.368 e. The van der Waals surface area contributed by atoms with Crippen LogP contribution in [0.2, 0.25) is 0 Å². The molecule has 0 spiro atoms. The molecule has 188 valence electrons. The number of nitrogens with zero attached hydrogens (tertiary/aromatic N) is 4. The summed E-state index contributed by atoms with van der Waals surface area (Å²) < 4.78 is 0. The number of amides is 2. The van der Waals surface area contributed by atoms with Crippen LogP contribution in [0.5, 0.6) is 0 Å². The van der Waals surface area contributed by atoms with Crippen LogP contribution in [0.1, 0.15) is 18.9 Å². The van der Waals surface area contributed by atoms with Gasteiger partial charge in [-0.05, 0) is 54.8 Å². The van der Waals surface area contributed by atoms with E-state index >= 15 is 0 Å². The molecule has 0 aromatic heterocycles. The highest BCUT2D eigenvalue weighted by atomic mass is 16.2. The molecule has 7 nitrogen and oxygen atoms in total. The molecule has 2 aromatic rings. The number of nitrogens with one attached hydrogen (secondary N) is 1. The summed E-state index contributed by atoms with van der Waals surface area (Å²) in [6, 6.07) is 15.8. The summed E-state index contributed by atoms with van der Waals surface area (Å²) in [6.45, 7) is 12.1. The third-order valence-corrected chi connectivity index (χ3v) is 6.31. The van der Waals surface area contributed by atoms with Gasteiger partial charge < -0.3 is 15.1 Å². The Kier molecular flexibility index (Phi) is 8.26. The first-order valence-corrected chi connectivity index (χ1v) is 12.3. The molecule has 1 heterocycles. The number of hydrogen-bond donors (Lipinski definition) is 1. The van der Waals surface area contributed by atoms with Crippen molar-refractivity contribution in [1.29, 1.82) is 0 Å². The second-order valence-electron chi connectivity index (χ2n) is 8.68. The summed E-state index contributed by atoms with van der Waals surface area (Å²) in [7, 11) is 0. The van der Waals surface area contributed by atoms with E-state index in [9.17, 15) is 9.59 Å². The Labute approximate surface area is 217 Å². The number of piperazine rings is 1. The highest BCUT2D eigenvalue weighted by molar-refractivity contribution is 6.34. The third-order valence-electron chi connectivity index (χ3n) is 6.31. The minimum absolute atomic E-state index is 0.211. The lowest BCUT2D eigenvalue weighted by Crippen LogP contribution is -2.48. The first-order chi connectivity index (χ1) is 18.0. The molecular weight excluding hydrogens is 462 g/mol. The van der Waals surface area contributed by atoms with Crippen molar-refractivity contribution < 1.29 is 9.59 Å². The van der Waals surface area contributed by atoms with E-state index in [0.717, 1.165) is 60.0 Å². The number of carbonyl (C=O) groups is 2. The topological polar surface area (TPSA) is 77.4 Å². The van der Waals surface area contributed by atoms with Crippen LogP contribution in [0, 0.1) is 0 Å². The maximum absolute atomic E-state index is 12.0. The van der Waals surface area contributed by atoms with Gasteiger partial charge in [-0.2, -0.15) is 0 Å². The molecule has 7 heteroatoms.